The molecule has 1 fully saturated rings. The zero-order chi connectivity index (χ0) is 12.1. The SMILES string of the molecule is Cc1ccc(NC(C)CN2CCOCC2)nn1. The van der Waals surface area contributed by atoms with Gasteiger partial charge in [-0.25, -0.2) is 0 Å². The quantitative estimate of drug-likeness (QED) is 0.842. The van der Waals surface area contributed by atoms with Gasteiger partial charge >= 0.3 is 0 Å². The molecule has 2 heterocycles. The maximum atomic E-state index is 5.33. The third-order valence-electron chi connectivity index (χ3n) is 2.83. The number of hydrogen-bond acceptors (Lipinski definition) is 5. The van der Waals surface area contributed by atoms with Gasteiger partial charge in [0.05, 0.1) is 18.9 Å². The number of aryl methyl sites for hydroxylation is 1. The van der Waals surface area contributed by atoms with E-state index in [0.717, 1.165) is 44.4 Å². The van der Waals surface area contributed by atoms with Crippen molar-refractivity contribution in [1.29, 1.82) is 0 Å². The first kappa shape index (κ1) is 12.3. The predicted octanol–water partition coefficient (Wildman–Crippen LogP) is 0.918. The average molecular weight is 236 g/mol. The summed E-state index contributed by atoms with van der Waals surface area (Å²) in [5.74, 6) is 0.844. The Morgan fingerprint density at radius 3 is 2.76 bits per heavy atom. The third-order valence-corrected chi connectivity index (χ3v) is 2.83. The fourth-order valence-electron chi connectivity index (χ4n) is 1.95. The molecule has 94 valence electrons. The lowest BCUT2D eigenvalue weighted by molar-refractivity contribution is 0.0368. The summed E-state index contributed by atoms with van der Waals surface area (Å²) in [6.45, 7) is 8.84. The number of ether oxygens (including phenoxy) is 1. The standard InChI is InChI=1S/C12H20N4O/c1-10-3-4-12(15-14-10)13-11(2)9-16-5-7-17-8-6-16/h3-4,11H,5-9H2,1-2H3,(H,13,15). The molecule has 1 N–H and O–H groups in total. The molecule has 1 aromatic heterocycles. The Balaban J connectivity index is 1.79. The number of aromatic nitrogens is 2. The van der Waals surface area contributed by atoms with Crippen LogP contribution < -0.4 is 5.32 Å². The van der Waals surface area contributed by atoms with E-state index < -0.39 is 0 Å². The highest BCUT2D eigenvalue weighted by atomic mass is 16.5. The van der Waals surface area contributed by atoms with E-state index >= 15 is 0 Å². The van der Waals surface area contributed by atoms with Crippen LogP contribution in [0.2, 0.25) is 0 Å². The van der Waals surface area contributed by atoms with E-state index in [1.807, 2.05) is 19.1 Å². The van der Waals surface area contributed by atoms with Crippen molar-refractivity contribution in [2.24, 2.45) is 0 Å². The number of anilines is 1. The van der Waals surface area contributed by atoms with Crippen molar-refractivity contribution in [1.82, 2.24) is 15.1 Å². The number of morpholine rings is 1. The molecule has 0 amide bonds. The minimum Gasteiger partial charge on any atom is -0.379 e. The highest BCUT2D eigenvalue weighted by molar-refractivity contribution is 5.33. The molecule has 2 rings (SSSR count). The molecule has 5 heteroatoms. The van der Waals surface area contributed by atoms with Gasteiger partial charge in [-0.05, 0) is 26.0 Å². The second-order valence-corrected chi connectivity index (χ2v) is 4.52. The maximum Gasteiger partial charge on any atom is 0.148 e. The molecule has 1 aromatic rings. The van der Waals surface area contributed by atoms with Crippen LogP contribution in [0.3, 0.4) is 0 Å². The van der Waals surface area contributed by atoms with Gasteiger partial charge in [0.1, 0.15) is 5.82 Å². The minimum absolute atomic E-state index is 0.366. The minimum atomic E-state index is 0.366. The first-order valence-corrected chi connectivity index (χ1v) is 6.11. The van der Waals surface area contributed by atoms with Crippen molar-refractivity contribution in [2.45, 2.75) is 19.9 Å². The zero-order valence-electron chi connectivity index (χ0n) is 10.5. The number of nitrogens with zero attached hydrogens (tertiary/aromatic N) is 3. The Morgan fingerprint density at radius 2 is 2.12 bits per heavy atom. The summed E-state index contributed by atoms with van der Waals surface area (Å²) in [4.78, 5) is 2.41. The fourth-order valence-corrected chi connectivity index (χ4v) is 1.95. The summed E-state index contributed by atoms with van der Waals surface area (Å²) in [5.41, 5.74) is 0.941. The van der Waals surface area contributed by atoms with Crippen molar-refractivity contribution in [3.8, 4) is 0 Å². The molecule has 0 saturated carbocycles. The number of rotatable bonds is 4. The number of hydrogen-bond donors (Lipinski definition) is 1. The Morgan fingerprint density at radius 1 is 1.35 bits per heavy atom. The molecular weight excluding hydrogens is 216 g/mol. The average Bonchev–Trinajstić information content (AvgIpc) is 2.33. The normalized spacial score (nSPS) is 18.9. The van der Waals surface area contributed by atoms with Crippen molar-refractivity contribution >= 4 is 5.82 Å². The molecule has 0 aliphatic carbocycles. The van der Waals surface area contributed by atoms with Gasteiger partial charge in [-0.1, -0.05) is 0 Å². The monoisotopic (exact) mass is 236 g/mol. The molecule has 1 atom stereocenters. The molecule has 1 aliphatic heterocycles. The van der Waals surface area contributed by atoms with Crippen LogP contribution in [-0.4, -0.2) is 54.0 Å². The van der Waals surface area contributed by atoms with Crippen LogP contribution in [0, 0.1) is 6.92 Å². The Bertz CT molecular complexity index is 335. The summed E-state index contributed by atoms with van der Waals surface area (Å²) in [7, 11) is 0. The van der Waals surface area contributed by atoms with Crippen molar-refractivity contribution < 1.29 is 4.74 Å². The predicted molar refractivity (Wildman–Crippen MR) is 67.1 cm³/mol. The summed E-state index contributed by atoms with van der Waals surface area (Å²) < 4.78 is 5.33. The zero-order valence-corrected chi connectivity index (χ0v) is 10.5. The Kier molecular flexibility index (Phi) is 4.28. The van der Waals surface area contributed by atoms with Gasteiger partial charge in [-0.2, -0.15) is 5.10 Å². The van der Waals surface area contributed by atoms with Crippen LogP contribution in [0.4, 0.5) is 5.82 Å². The van der Waals surface area contributed by atoms with Gasteiger partial charge < -0.3 is 10.1 Å². The van der Waals surface area contributed by atoms with E-state index in [1.54, 1.807) is 0 Å². The van der Waals surface area contributed by atoms with Gasteiger partial charge in [-0.3, -0.25) is 4.90 Å². The maximum absolute atomic E-state index is 5.33. The molecule has 1 aliphatic rings. The van der Waals surface area contributed by atoms with E-state index in [2.05, 4.69) is 27.3 Å². The topological polar surface area (TPSA) is 50.3 Å². The summed E-state index contributed by atoms with van der Waals surface area (Å²) in [5, 5.41) is 11.5. The van der Waals surface area contributed by atoms with Crippen LogP contribution in [0.1, 0.15) is 12.6 Å². The molecule has 0 bridgehead atoms. The summed E-state index contributed by atoms with van der Waals surface area (Å²) >= 11 is 0. The van der Waals surface area contributed by atoms with E-state index in [9.17, 15) is 0 Å². The molecule has 17 heavy (non-hydrogen) atoms. The molecule has 5 nitrogen and oxygen atoms in total. The molecule has 0 spiro atoms. The lowest BCUT2D eigenvalue weighted by Crippen LogP contribution is -2.42. The van der Waals surface area contributed by atoms with Gasteiger partial charge in [0.25, 0.3) is 0 Å². The second-order valence-electron chi connectivity index (χ2n) is 4.52. The highest BCUT2D eigenvalue weighted by Crippen LogP contribution is 2.05. The van der Waals surface area contributed by atoms with Crippen molar-refractivity contribution in [2.75, 3.05) is 38.2 Å². The molecule has 0 aromatic carbocycles. The lowest BCUT2D eigenvalue weighted by Gasteiger charge is -2.29. The molecular formula is C12H20N4O. The summed E-state index contributed by atoms with van der Waals surface area (Å²) in [6, 6.07) is 4.31. The molecule has 1 unspecified atom stereocenters. The van der Waals surface area contributed by atoms with E-state index in [0.29, 0.717) is 6.04 Å². The summed E-state index contributed by atoms with van der Waals surface area (Å²) in [6.07, 6.45) is 0. The van der Waals surface area contributed by atoms with E-state index in [-0.39, 0.29) is 0 Å². The fraction of sp³-hybridized carbons (Fsp3) is 0.667. The van der Waals surface area contributed by atoms with Gasteiger partial charge in [0.2, 0.25) is 0 Å². The first-order chi connectivity index (χ1) is 8.24. The first-order valence-electron chi connectivity index (χ1n) is 6.11. The van der Waals surface area contributed by atoms with Crippen molar-refractivity contribution in [3.63, 3.8) is 0 Å². The van der Waals surface area contributed by atoms with E-state index in [4.69, 9.17) is 4.74 Å². The Hall–Kier alpha value is -1.20. The molecule has 0 radical (unpaired) electrons. The van der Waals surface area contributed by atoms with Gasteiger partial charge in [-0.15, -0.1) is 5.10 Å². The number of nitrogens with one attached hydrogen (secondary N) is 1. The Labute approximate surface area is 102 Å². The third kappa shape index (κ3) is 3.94. The smallest absolute Gasteiger partial charge is 0.148 e. The van der Waals surface area contributed by atoms with Crippen LogP contribution in [0.15, 0.2) is 12.1 Å². The van der Waals surface area contributed by atoms with Crippen LogP contribution >= 0.6 is 0 Å². The second kappa shape index (κ2) is 5.93. The van der Waals surface area contributed by atoms with E-state index in [1.165, 1.54) is 0 Å². The molecule has 1 saturated heterocycles. The van der Waals surface area contributed by atoms with Crippen molar-refractivity contribution in [3.05, 3.63) is 17.8 Å². The lowest BCUT2D eigenvalue weighted by atomic mass is 10.3. The van der Waals surface area contributed by atoms with Crippen LogP contribution in [-0.2, 0) is 4.74 Å². The highest BCUT2D eigenvalue weighted by Gasteiger charge is 2.13. The van der Waals surface area contributed by atoms with Gasteiger partial charge in [0.15, 0.2) is 0 Å². The van der Waals surface area contributed by atoms with Crippen LogP contribution in [0.25, 0.3) is 0 Å². The largest absolute Gasteiger partial charge is 0.379 e. The van der Waals surface area contributed by atoms with Crippen LogP contribution in [0.5, 0.6) is 0 Å². The van der Waals surface area contributed by atoms with Gasteiger partial charge in [0, 0.05) is 25.7 Å².